The second-order valence-electron chi connectivity index (χ2n) is 7.07. The van der Waals surface area contributed by atoms with Crippen molar-refractivity contribution in [1.29, 1.82) is 5.26 Å². The zero-order valence-corrected chi connectivity index (χ0v) is 18.0. The van der Waals surface area contributed by atoms with E-state index in [1.807, 2.05) is 30.3 Å². The smallest absolute Gasteiger partial charge is 0.292 e. The summed E-state index contributed by atoms with van der Waals surface area (Å²) in [5.74, 6) is -0.716. The monoisotopic (exact) mass is 457 g/mol. The number of hydrazone groups is 1. The standard InChI is InChI=1S/C24H16ClN5O3/c1-14-19(12-26)24(33)30(17-9-7-16(25)8-10-17)29-22(14)23(32)28-27-13-20-18-5-3-2-4-15(18)6-11-21(20)31/h2-11,13,31H,1H3,(H,28,32)/b27-13+. The van der Waals surface area contributed by atoms with Crippen LogP contribution in [0.3, 0.4) is 0 Å². The third kappa shape index (κ3) is 4.18. The van der Waals surface area contributed by atoms with Crippen LogP contribution in [0.25, 0.3) is 16.5 Å². The van der Waals surface area contributed by atoms with E-state index in [4.69, 9.17) is 11.6 Å². The summed E-state index contributed by atoms with van der Waals surface area (Å²) < 4.78 is 0.969. The number of carbonyl (C=O) groups is 1. The number of rotatable bonds is 4. The van der Waals surface area contributed by atoms with Crippen molar-refractivity contribution < 1.29 is 9.90 Å². The van der Waals surface area contributed by atoms with Gasteiger partial charge in [0.25, 0.3) is 11.5 Å². The fourth-order valence-corrected chi connectivity index (χ4v) is 3.46. The van der Waals surface area contributed by atoms with Crippen LogP contribution in [-0.2, 0) is 0 Å². The molecule has 0 aliphatic heterocycles. The molecule has 162 valence electrons. The fourth-order valence-electron chi connectivity index (χ4n) is 3.34. The lowest BCUT2D eigenvalue weighted by Crippen LogP contribution is -2.31. The van der Waals surface area contributed by atoms with Crippen LogP contribution >= 0.6 is 11.6 Å². The van der Waals surface area contributed by atoms with Gasteiger partial charge < -0.3 is 5.11 Å². The summed E-state index contributed by atoms with van der Waals surface area (Å²) in [6, 6.07) is 18.8. The first-order valence-electron chi connectivity index (χ1n) is 9.75. The molecule has 0 aliphatic carbocycles. The molecule has 0 fully saturated rings. The molecule has 0 bridgehead atoms. The highest BCUT2D eigenvalue weighted by Gasteiger charge is 2.20. The van der Waals surface area contributed by atoms with Crippen molar-refractivity contribution in [1.82, 2.24) is 15.2 Å². The lowest BCUT2D eigenvalue weighted by molar-refractivity contribution is 0.0947. The normalized spacial score (nSPS) is 10.9. The molecule has 3 aromatic carbocycles. The quantitative estimate of drug-likeness (QED) is 0.357. The average Bonchev–Trinajstić information content (AvgIpc) is 2.81. The van der Waals surface area contributed by atoms with Crippen LogP contribution in [0.15, 0.2) is 70.6 Å². The Morgan fingerprint density at radius 2 is 1.91 bits per heavy atom. The van der Waals surface area contributed by atoms with Crippen molar-refractivity contribution >= 4 is 34.5 Å². The van der Waals surface area contributed by atoms with Gasteiger partial charge in [-0.2, -0.15) is 20.1 Å². The maximum absolute atomic E-state index is 12.8. The van der Waals surface area contributed by atoms with Crippen molar-refractivity contribution in [3.05, 3.63) is 98.4 Å². The van der Waals surface area contributed by atoms with E-state index in [0.717, 1.165) is 15.5 Å². The number of fused-ring (bicyclic) bond motifs is 1. The van der Waals surface area contributed by atoms with Gasteiger partial charge in [0.05, 0.1) is 11.9 Å². The maximum atomic E-state index is 12.8. The number of nitriles is 1. The van der Waals surface area contributed by atoms with Crippen LogP contribution in [0.1, 0.15) is 27.2 Å². The molecule has 8 nitrogen and oxygen atoms in total. The lowest BCUT2D eigenvalue weighted by Gasteiger charge is -2.10. The molecule has 0 radical (unpaired) electrons. The SMILES string of the molecule is Cc1c(C(=O)N/N=C/c2c(O)ccc3ccccc23)nn(-c2ccc(Cl)cc2)c(=O)c1C#N. The molecule has 0 spiro atoms. The summed E-state index contributed by atoms with van der Waals surface area (Å²) in [5, 5.41) is 29.9. The topological polar surface area (TPSA) is 120 Å². The summed E-state index contributed by atoms with van der Waals surface area (Å²) in [4.78, 5) is 25.5. The van der Waals surface area contributed by atoms with Gasteiger partial charge in [-0.05, 0) is 48.0 Å². The first-order chi connectivity index (χ1) is 15.9. The molecule has 1 aromatic heterocycles. The zero-order valence-electron chi connectivity index (χ0n) is 17.3. The van der Waals surface area contributed by atoms with Gasteiger partial charge in [-0.15, -0.1) is 0 Å². The number of hydrogen-bond acceptors (Lipinski definition) is 6. The van der Waals surface area contributed by atoms with Crippen molar-refractivity contribution in [3.63, 3.8) is 0 Å². The summed E-state index contributed by atoms with van der Waals surface area (Å²) in [6.07, 6.45) is 1.32. The van der Waals surface area contributed by atoms with Crippen molar-refractivity contribution in [2.45, 2.75) is 6.92 Å². The van der Waals surface area contributed by atoms with Crippen molar-refractivity contribution in [3.8, 4) is 17.5 Å². The molecule has 4 rings (SSSR count). The van der Waals surface area contributed by atoms with Gasteiger partial charge in [-0.25, -0.2) is 5.43 Å². The number of aromatic hydroxyl groups is 1. The fraction of sp³-hybridized carbons (Fsp3) is 0.0417. The summed E-state index contributed by atoms with van der Waals surface area (Å²) in [6.45, 7) is 1.47. The third-order valence-corrected chi connectivity index (χ3v) is 5.29. The molecule has 0 saturated heterocycles. The van der Waals surface area contributed by atoms with Gasteiger partial charge in [0.2, 0.25) is 0 Å². The van der Waals surface area contributed by atoms with E-state index in [0.29, 0.717) is 16.3 Å². The van der Waals surface area contributed by atoms with Crippen molar-refractivity contribution in [2.24, 2.45) is 5.10 Å². The third-order valence-electron chi connectivity index (χ3n) is 5.04. The van der Waals surface area contributed by atoms with E-state index in [9.17, 15) is 20.0 Å². The zero-order chi connectivity index (χ0) is 23.5. The molecular formula is C24H16ClN5O3. The molecule has 0 unspecified atom stereocenters. The Hall–Kier alpha value is -4.48. The number of phenols is 1. The van der Waals surface area contributed by atoms with Gasteiger partial charge in [0, 0.05) is 16.1 Å². The second kappa shape index (κ2) is 8.94. The molecular weight excluding hydrogens is 442 g/mol. The van der Waals surface area contributed by atoms with Crippen molar-refractivity contribution in [2.75, 3.05) is 0 Å². The molecule has 1 amide bonds. The van der Waals surface area contributed by atoms with Crippen LogP contribution in [0, 0.1) is 18.3 Å². The summed E-state index contributed by atoms with van der Waals surface area (Å²) >= 11 is 5.90. The van der Waals surface area contributed by atoms with E-state index >= 15 is 0 Å². The molecule has 2 N–H and O–H groups in total. The lowest BCUT2D eigenvalue weighted by atomic mass is 10.0. The Morgan fingerprint density at radius 3 is 2.64 bits per heavy atom. The summed E-state index contributed by atoms with van der Waals surface area (Å²) in [7, 11) is 0. The Kier molecular flexibility index (Phi) is 5.89. The van der Waals surface area contributed by atoms with Gasteiger partial charge in [0.1, 0.15) is 17.4 Å². The van der Waals surface area contributed by atoms with Crippen LogP contribution in [-0.4, -0.2) is 27.0 Å². The molecule has 0 saturated carbocycles. The van der Waals surface area contributed by atoms with Crippen LogP contribution in [0.2, 0.25) is 5.02 Å². The van der Waals surface area contributed by atoms with E-state index < -0.39 is 11.5 Å². The number of benzene rings is 3. The first-order valence-corrected chi connectivity index (χ1v) is 10.1. The molecule has 9 heteroatoms. The number of carbonyl (C=O) groups excluding carboxylic acids is 1. The number of nitrogens with one attached hydrogen (secondary N) is 1. The van der Waals surface area contributed by atoms with E-state index in [1.54, 1.807) is 36.4 Å². The minimum absolute atomic E-state index is 0.00376. The molecule has 0 atom stereocenters. The highest BCUT2D eigenvalue weighted by molar-refractivity contribution is 6.30. The number of amides is 1. The van der Waals surface area contributed by atoms with Gasteiger partial charge >= 0.3 is 0 Å². The number of halogens is 1. The Bertz CT molecular complexity index is 1520. The summed E-state index contributed by atoms with van der Waals surface area (Å²) in [5.41, 5.74) is 2.26. The highest BCUT2D eigenvalue weighted by Crippen LogP contribution is 2.25. The molecule has 1 heterocycles. The predicted molar refractivity (Wildman–Crippen MR) is 125 cm³/mol. The van der Waals surface area contributed by atoms with Crippen LogP contribution in [0.5, 0.6) is 5.75 Å². The number of hydrogen-bond donors (Lipinski definition) is 2. The maximum Gasteiger partial charge on any atom is 0.292 e. The molecule has 0 aliphatic rings. The van der Waals surface area contributed by atoms with E-state index in [2.05, 4.69) is 15.6 Å². The number of aromatic nitrogens is 2. The van der Waals surface area contributed by atoms with Gasteiger partial charge in [-0.3, -0.25) is 9.59 Å². The van der Waals surface area contributed by atoms with E-state index in [-0.39, 0.29) is 22.6 Å². The minimum atomic E-state index is -0.720. The van der Waals surface area contributed by atoms with Gasteiger partial charge in [0.15, 0.2) is 5.69 Å². The number of phenolic OH excluding ortho intramolecular Hbond substituents is 1. The first kappa shape index (κ1) is 21.7. The predicted octanol–water partition coefficient (Wildman–Crippen LogP) is 3.69. The molecule has 4 aromatic rings. The highest BCUT2D eigenvalue weighted by atomic mass is 35.5. The molecule has 33 heavy (non-hydrogen) atoms. The second-order valence-corrected chi connectivity index (χ2v) is 7.51. The van der Waals surface area contributed by atoms with Crippen LogP contribution < -0.4 is 11.0 Å². The average molecular weight is 458 g/mol. The van der Waals surface area contributed by atoms with E-state index in [1.165, 1.54) is 13.1 Å². The Morgan fingerprint density at radius 1 is 1.18 bits per heavy atom. The minimum Gasteiger partial charge on any atom is -0.507 e. The Labute approximate surface area is 193 Å². The van der Waals surface area contributed by atoms with Gasteiger partial charge in [-0.1, -0.05) is 41.9 Å². The number of nitrogens with zero attached hydrogens (tertiary/aromatic N) is 4. The Balaban J connectivity index is 1.70. The largest absolute Gasteiger partial charge is 0.507 e. The van der Waals surface area contributed by atoms with Crippen LogP contribution in [0.4, 0.5) is 0 Å².